The number of hydrogen-bond donors (Lipinski definition) is 1. The van der Waals surface area contributed by atoms with Gasteiger partial charge in [0, 0.05) is 25.0 Å². The molecule has 0 bridgehead atoms. The molecule has 0 aliphatic rings. The number of halogens is 3. The molecule has 2 nitrogen and oxygen atoms in total. The van der Waals surface area contributed by atoms with Crippen LogP contribution in [-0.2, 0) is 6.42 Å². The molecule has 1 unspecified atom stereocenters. The smallest absolute Gasteiger partial charge is 0.329 e. The predicted octanol–water partition coefficient (Wildman–Crippen LogP) is 3.61. The molecule has 1 atom stereocenters. The maximum atomic E-state index is 12.3. The largest absolute Gasteiger partial charge is 0.389 e. The van der Waals surface area contributed by atoms with Gasteiger partial charge in [0.1, 0.15) is 0 Å². The average molecular weight is 302 g/mol. The van der Waals surface area contributed by atoms with Gasteiger partial charge in [-0.3, -0.25) is 4.90 Å². The summed E-state index contributed by atoms with van der Waals surface area (Å²) in [6.45, 7) is 3.08. The third-order valence-electron chi connectivity index (χ3n) is 4.12. The SMILES string of the molecule is CN(CCc1ccccc1)C(C)(CN)CCCC(F)(F)F. The van der Waals surface area contributed by atoms with Gasteiger partial charge in [-0.2, -0.15) is 13.2 Å². The maximum Gasteiger partial charge on any atom is 0.389 e. The number of nitrogens with two attached hydrogens (primary N) is 1. The first-order valence-electron chi connectivity index (χ1n) is 7.29. The second-order valence-corrected chi connectivity index (χ2v) is 5.83. The van der Waals surface area contributed by atoms with Crippen molar-refractivity contribution in [2.24, 2.45) is 5.73 Å². The van der Waals surface area contributed by atoms with Gasteiger partial charge in [-0.15, -0.1) is 0 Å². The van der Waals surface area contributed by atoms with Gasteiger partial charge in [0.2, 0.25) is 0 Å². The Balaban J connectivity index is 2.48. The molecule has 0 aromatic heterocycles. The zero-order chi connectivity index (χ0) is 15.9. The molecule has 0 radical (unpaired) electrons. The highest BCUT2D eigenvalue weighted by atomic mass is 19.4. The van der Waals surface area contributed by atoms with Crippen LogP contribution in [0, 0.1) is 0 Å². The average Bonchev–Trinajstić information content (AvgIpc) is 2.44. The third-order valence-corrected chi connectivity index (χ3v) is 4.12. The lowest BCUT2D eigenvalue weighted by Crippen LogP contribution is -2.50. The number of hydrogen-bond acceptors (Lipinski definition) is 2. The Labute approximate surface area is 125 Å². The normalized spacial score (nSPS) is 15.2. The van der Waals surface area contributed by atoms with E-state index in [2.05, 4.69) is 17.0 Å². The Morgan fingerprint density at radius 2 is 1.71 bits per heavy atom. The minimum atomic E-state index is -4.09. The van der Waals surface area contributed by atoms with Crippen molar-refractivity contribution in [2.45, 2.75) is 44.3 Å². The maximum absolute atomic E-state index is 12.3. The Kier molecular flexibility index (Phi) is 6.68. The molecule has 0 fully saturated rings. The molecule has 0 aliphatic heterocycles. The molecule has 5 heteroatoms. The van der Waals surface area contributed by atoms with Crippen LogP contribution in [0.15, 0.2) is 30.3 Å². The summed E-state index contributed by atoms with van der Waals surface area (Å²) >= 11 is 0. The topological polar surface area (TPSA) is 29.3 Å². The number of nitrogens with zero attached hydrogens (tertiary/aromatic N) is 1. The van der Waals surface area contributed by atoms with Gasteiger partial charge in [-0.25, -0.2) is 0 Å². The molecule has 0 saturated heterocycles. The summed E-state index contributed by atoms with van der Waals surface area (Å²) in [6.07, 6.45) is -3.39. The molecule has 2 N–H and O–H groups in total. The van der Waals surface area contributed by atoms with Crippen LogP contribution in [-0.4, -0.2) is 36.8 Å². The van der Waals surface area contributed by atoms with Crippen molar-refractivity contribution in [3.05, 3.63) is 35.9 Å². The van der Waals surface area contributed by atoms with Gasteiger partial charge in [-0.1, -0.05) is 30.3 Å². The van der Waals surface area contributed by atoms with Crippen LogP contribution >= 0.6 is 0 Å². The molecule has 1 aromatic rings. The van der Waals surface area contributed by atoms with Crippen molar-refractivity contribution in [2.75, 3.05) is 20.1 Å². The number of likely N-dealkylation sites (N-methyl/N-ethyl adjacent to an activating group) is 1. The van der Waals surface area contributed by atoms with E-state index in [9.17, 15) is 13.2 Å². The fourth-order valence-electron chi connectivity index (χ4n) is 2.33. The van der Waals surface area contributed by atoms with Crippen LogP contribution in [0.1, 0.15) is 31.7 Å². The molecule has 21 heavy (non-hydrogen) atoms. The van der Waals surface area contributed by atoms with Crippen molar-refractivity contribution in [1.82, 2.24) is 4.90 Å². The van der Waals surface area contributed by atoms with Gasteiger partial charge in [0.15, 0.2) is 0 Å². The zero-order valence-corrected chi connectivity index (χ0v) is 12.8. The molecule has 0 amide bonds. The molecule has 0 saturated carbocycles. The summed E-state index contributed by atoms with van der Waals surface area (Å²) in [5.74, 6) is 0. The van der Waals surface area contributed by atoms with E-state index < -0.39 is 12.6 Å². The Bertz CT molecular complexity index is 406. The van der Waals surface area contributed by atoms with Crippen molar-refractivity contribution >= 4 is 0 Å². The van der Waals surface area contributed by atoms with Crippen molar-refractivity contribution in [1.29, 1.82) is 0 Å². The van der Waals surface area contributed by atoms with Crippen molar-refractivity contribution in [3.8, 4) is 0 Å². The molecule has 1 aromatic carbocycles. The van der Waals surface area contributed by atoms with Crippen LogP contribution in [0.2, 0.25) is 0 Å². The lowest BCUT2D eigenvalue weighted by molar-refractivity contribution is -0.136. The highest BCUT2D eigenvalue weighted by molar-refractivity contribution is 5.15. The first-order chi connectivity index (χ1) is 9.77. The van der Waals surface area contributed by atoms with E-state index in [0.717, 1.165) is 13.0 Å². The van der Waals surface area contributed by atoms with Gasteiger partial charge in [0.25, 0.3) is 0 Å². The fraction of sp³-hybridized carbons (Fsp3) is 0.625. The van der Waals surface area contributed by atoms with E-state index in [0.29, 0.717) is 13.0 Å². The van der Waals surface area contributed by atoms with Crippen LogP contribution in [0.4, 0.5) is 13.2 Å². The molecule has 120 valence electrons. The first kappa shape index (κ1) is 18.0. The van der Waals surface area contributed by atoms with Gasteiger partial charge in [0.05, 0.1) is 0 Å². The van der Waals surface area contributed by atoms with Crippen LogP contribution < -0.4 is 5.73 Å². The summed E-state index contributed by atoms with van der Waals surface area (Å²) in [6, 6.07) is 10.0. The van der Waals surface area contributed by atoms with Gasteiger partial charge < -0.3 is 5.73 Å². The summed E-state index contributed by atoms with van der Waals surface area (Å²) in [7, 11) is 1.93. The van der Waals surface area contributed by atoms with Crippen molar-refractivity contribution in [3.63, 3.8) is 0 Å². The zero-order valence-electron chi connectivity index (χ0n) is 12.8. The number of benzene rings is 1. The van der Waals surface area contributed by atoms with Crippen LogP contribution in [0.3, 0.4) is 0 Å². The highest BCUT2D eigenvalue weighted by Gasteiger charge is 2.31. The molecule has 0 aliphatic carbocycles. The summed E-state index contributed by atoms with van der Waals surface area (Å²) in [5, 5.41) is 0. The quantitative estimate of drug-likeness (QED) is 0.795. The van der Waals surface area contributed by atoms with E-state index in [1.54, 1.807) is 0 Å². The molecular weight excluding hydrogens is 277 g/mol. The van der Waals surface area contributed by atoms with Gasteiger partial charge >= 0.3 is 6.18 Å². The second-order valence-electron chi connectivity index (χ2n) is 5.83. The van der Waals surface area contributed by atoms with E-state index in [-0.39, 0.29) is 12.0 Å². The second kappa shape index (κ2) is 7.80. The fourth-order valence-corrected chi connectivity index (χ4v) is 2.33. The highest BCUT2D eigenvalue weighted by Crippen LogP contribution is 2.27. The lowest BCUT2D eigenvalue weighted by Gasteiger charge is -2.38. The minimum Gasteiger partial charge on any atom is -0.329 e. The Morgan fingerprint density at radius 1 is 1.10 bits per heavy atom. The first-order valence-corrected chi connectivity index (χ1v) is 7.29. The van der Waals surface area contributed by atoms with Crippen LogP contribution in [0.5, 0.6) is 0 Å². The summed E-state index contributed by atoms with van der Waals surface area (Å²) < 4.78 is 36.8. The van der Waals surface area contributed by atoms with E-state index in [1.165, 1.54) is 5.56 Å². The predicted molar refractivity (Wildman–Crippen MR) is 80.1 cm³/mol. The van der Waals surface area contributed by atoms with E-state index in [1.807, 2.05) is 32.2 Å². The lowest BCUT2D eigenvalue weighted by atomic mass is 9.92. The Morgan fingerprint density at radius 3 is 2.24 bits per heavy atom. The van der Waals surface area contributed by atoms with Gasteiger partial charge in [-0.05, 0) is 38.8 Å². The number of alkyl halides is 3. The molecule has 1 rings (SSSR count). The molecular formula is C16H25F3N2. The molecule has 0 heterocycles. The van der Waals surface area contributed by atoms with E-state index >= 15 is 0 Å². The molecule has 0 spiro atoms. The minimum absolute atomic E-state index is 0.118. The monoisotopic (exact) mass is 302 g/mol. The summed E-state index contributed by atoms with van der Waals surface area (Å²) in [5.41, 5.74) is 6.64. The van der Waals surface area contributed by atoms with Crippen molar-refractivity contribution < 1.29 is 13.2 Å². The number of rotatable bonds is 8. The van der Waals surface area contributed by atoms with E-state index in [4.69, 9.17) is 5.73 Å². The summed E-state index contributed by atoms with van der Waals surface area (Å²) in [4.78, 5) is 2.08. The van der Waals surface area contributed by atoms with Crippen LogP contribution in [0.25, 0.3) is 0 Å². The third kappa shape index (κ3) is 6.48. The Hall–Kier alpha value is -1.07. The standard InChI is InChI=1S/C16H25F3N2/c1-15(13-20,10-6-11-16(17,18)19)21(2)12-9-14-7-4-3-5-8-14/h3-5,7-8H,6,9-13,20H2,1-2H3.